The van der Waals surface area contributed by atoms with Gasteiger partial charge in [-0.1, -0.05) is 0 Å². The van der Waals surface area contributed by atoms with E-state index in [1.165, 1.54) is 5.57 Å². The highest BCUT2D eigenvalue weighted by Crippen LogP contribution is 2.41. The first kappa shape index (κ1) is 8.20. The molecule has 0 spiro atoms. The maximum atomic E-state index is 9.77. The summed E-state index contributed by atoms with van der Waals surface area (Å²) in [4.78, 5) is 0. The van der Waals surface area contributed by atoms with E-state index < -0.39 is 11.2 Å². The van der Waals surface area contributed by atoms with E-state index in [2.05, 4.69) is 13.8 Å². The molecule has 2 nitrogen and oxygen atoms in total. The summed E-state index contributed by atoms with van der Waals surface area (Å²) >= 11 is -0.542. The third kappa shape index (κ3) is 1.00. The molecule has 0 aromatic heterocycles. The molecule has 12 heavy (non-hydrogen) atoms. The summed E-state index contributed by atoms with van der Waals surface area (Å²) in [6.45, 7) is 4.17. The van der Waals surface area contributed by atoms with Gasteiger partial charge < -0.3 is 4.74 Å². The molecule has 0 aromatic carbocycles. The van der Waals surface area contributed by atoms with Gasteiger partial charge in [0, 0.05) is 5.57 Å². The SMILES string of the molecule is CC1(C)C2=C(C[S+]1O)OC=CC2. The average molecular weight is 185 g/mol. The van der Waals surface area contributed by atoms with Crippen LogP contribution < -0.4 is 0 Å². The van der Waals surface area contributed by atoms with E-state index in [9.17, 15) is 4.55 Å². The van der Waals surface area contributed by atoms with Crippen molar-refractivity contribution in [3.63, 3.8) is 0 Å². The van der Waals surface area contributed by atoms with Crippen molar-refractivity contribution in [1.82, 2.24) is 0 Å². The Bertz CT molecular complexity index is 266. The monoisotopic (exact) mass is 185 g/mol. The van der Waals surface area contributed by atoms with Gasteiger partial charge in [-0.05, 0) is 26.3 Å². The fourth-order valence-corrected chi connectivity index (χ4v) is 2.96. The third-order valence-electron chi connectivity index (χ3n) is 2.55. The fourth-order valence-electron chi connectivity index (χ4n) is 1.63. The predicted molar refractivity (Wildman–Crippen MR) is 50.8 cm³/mol. The van der Waals surface area contributed by atoms with Gasteiger partial charge in [0.05, 0.1) is 6.26 Å². The molecular formula is C9H13O2S+. The second-order valence-electron chi connectivity index (χ2n) is 3.61. The Morgan fingerprint density at radius 3 is 3.00 bits per heavy atom. The van der Waals surface area contributed by atoms with Gasteiger partial charge in [0.1, 0.15) is 0 Å². The van der Waals surface area contributed by atoms with Crippen LogP contribution in [0.25, 0.3) is 0 Å². The van der Waals surface area contributed by atoms with Gasteiger partial charge in [0.2, 0.25) is 0 Å². The molecule has 66 valence electrons. The summed E-state index contributed by atoms with van der Waals surface area (Å²) in [5, 5.41) is 0. The summed E-state index contributed by atoms with van der Waals surface area (Å²) < 4.78 is 15.1. The molecule has 2 aliphatic rings. The topological polar surface area (TPSA) is 29.5 Å². The first-order chi connectivity index (χ1) is 5.62. The summed E-state index contributed by atoms with van der Waals surface area (Å²) in [7, 11) is 0. The molecule has 2 aliphatic heterocycles. The first-order valence-electron chi connectivity index (χ1n) is 4.06. The summed E-state index contributed by atoms with van der Waals surface area (Å²) in [6.07, 6.45) is 4.66. The van der Waals surface area contributed by atoms with Crippen molar-refractivity contribution in [1.29, 1.82) is 0 Å². The molecule has 3 heteroatoms. The van der Waals surface area contributed by atoms with E-state index in [-0.39, 0.29) is 4.75 Å². The minimum absolute atomic E-state index is 0.0694. The van der Waals surface area contributed by atoms with E-state index in [0.717, 1.165) is 12.2 Å². The number of hydrogen-bond acceptors (Lipinski definition) is 2. The molecule has 0 fully saturated rings. The van der Waals surface area contributed by atoms with Crippen molar-refractivity contribution in [2.75, 3.05) is 5.75 Å². The minimum Gasteiger partial charge on any atom is -0.464 e. The van der Waals surface area contributed by atoms with E-state index in [4.69, 9.17) is 4.74 Å². The molecule has 0 radical (unpaired) electrons. The summed E-state index contributed by atoms with van der Waals surface area (Å²) in [5.41, 5.74) is 1.27. The van der Waals surface area contributed by atoms with Gasteiger partial charge in [-0.15, -0.1) is 0 Å². The Balaban J connectivity index is 2.33. The van der Waals surface area contributed by atoms with Crippen molar-refractivity contribution < 1.29 is 9.29 Å². The van der Waals surface area contributed by atoms with Crippen LogP contribution in [0.3, 0.4) is 0 Å². The molecule has 0 aromatic rings. The summed E-state index contributed by atoms with van der Waals surface area (Å²) in [6, 6.07) is 0. The summed E-state index contributed by atoms with van der Waals surface area (Å²) in [5.74, 6) is 1.69. The van der Waals surface area contributed by atoms with Crippen LogP contribution in [0.4, 0.5) is 0 Å². The second-order valence-corrected chi connectivity index (χ2v) is 5.65. The lowest BCUT2D eigenvalue weighted by atomic mass is 9.97. The van der Waals surface area contributed by atoms with Crippen LogP contribution in [-0.4, -0.2) is 15.1 Å². The van der Waals surface area contributed by atoms with E-state index in [1.807, 2.05) is 6.08 Å². The van der Waals surface area contributed by atoms with Crippen molar-refractivity contribution in [3.8, 4) is 0 Å². The van der Waals surface area contributed by atoms with Crippen LogP contribution in [0, 0.1) is 0 Å². The molecule has 0 saturated carbocycles. The molecular weight excluding hydrogens is 172 g/mol. The molecule has 0 saturated heterocycles. The zero-order valence-corrected chi connectivity index (χ0v) is 8.15. The van der Waals surface area contributed by atoms with Gasteiger partial charge >= 0.3 is 0 Å². The van der Waals surface area contributed by atoms with Crippen molar-refractivity contribution in [2.24, 2.45) is 0 Å². The normalized spacial score (nSPS) is 31.8. The minimum atomic E-state index is -0.542. The first-order valence-corrected chi connectivity index (χ1v) is 5.41. The van der Waals surface area contributed by atoms with Crippen LogP contribution in [-0.2, 0) is 15.9 Å². The van der Waals surface area contributed by atoms with Gasteiger partial charge in [-0.2, -0.15) is 4.55 Å². The lowest BCUT2D eigenvalue weighted by Gasteiger charge is -2.16. The number of hydrogen-bond donors (Lipinski definition) is 1. The smallest absolute Gasteiger partial charge is 0.199 e. The van der Waals surface area contributed by atoms with Crippen LogP contribution in [0.2, 0.25) is 0 Å². The maximum Gasteiger partial charge on any atom is 0.199 e. The van der Waals surface area contributed by atoms with Crippen molar-refractivity contribution >= 4 is 11.2 Å². The second kappa shape index (κ2) is 2.54. The Morgan fingerprint density at radius 2 is 2.33 bits per heavy atom. The standard InChI is InChI=1S/C9H13O2S/c1-9(2)7-4-3-5-11-8(7)6-12(9)10/h3,5,10H,4,6H2,1-2H3/q+1. The number of allylic oxidation sites excluding steroid dienone is 1. The molecule has 1 atom stereocenters. The van der Waals surface area contributed by atoms with Crippen LogP contribution in [0.1, 0.15) is 20.3 Å². The molecule has 0 aliphatic carbocycles. The highest BCUT2D eigenvalue weighted by molar-refractivity contribution is 7.93. The van der Waals surface area contributed by atoms with Crippen LogP contribution in [0.15, 0.2) is 23.7 Å². The Hall–Kier alpha value is -0.410. The highest BCUT2D eigenvalue weighted by Gasteiger charge is 2.51. The molecule has 0 amide bonds. The Morgan fingerprint density at radius 1 is 1.58 bits per heavy atom. The number of rotatable bonds is 0. The molecule has 1 N–H and O–H groups in total. The van der Waals surface area contributed by atoms with Crippen molar-refractivity contribution in [2.45, 2.75) is 25.0 Å². The molecule has 2 rings (SSSR count). The zero-order chi connectivity index (χ0) is 8.77. The Kier molecular flexibility index (Phi) is 1.73. The fraction of sp³-hybridized carbons (Fsp3) is 0.556. The largest absolute Gasteiger partial charge is 0.464 e. The Labute approximate surface area is 75.5 Å². The lowest BCUT2D eigenvalue weighted by Crippen LogP contribution is -2.30. The van der Waals surface area contributed by atoms with Gasteiger partial charge in [-0.25, -0.2) is 0 Å². The zero-order valence-electron chi connectivity index (χ0n) is 7.33. The van der Waals surface area contributed by atoms with Crippen LogP contribution in [0.5, 0.6) is 0 Å². The molecule has 0 bridgehead atoms. The van der Waals surface area contributed by atoms with Crippen LogP contribution >= 0.6 is 0 Å². The quantitative estimate of drug-likeness (QED) is 0.585. The van der Waals surface area contributed by atoms with E-state index in [1.54, 1.807) is 6.26 Å². The molecule has 2 heterocycles. The molecule has 1 unspecified atom stereocenters. The van der Waals surface area contributed by atoms with Gasteiger partial charge in [0.25, 0.3) is 0 Å². The van der Waals surface area contributed by atoms with E-state index in [0.29, 0.717) is 5.75 Å². The maximum absolute atomic E-state index is 9.77. The lowest BCUT2D eigenvalue weighted by molar-refractivity contribution is 0.339. The van der Waals surface area contributed by atoms with E-state index >= 15 is 0 Å². The van der Waals surface area contributed by atoms with Gasteiger partial charge in [-0.3, -0.25) is 0 Å². The third-order valence-corrected chi connectivity index (χ3v) is 4.51. The number of ether oxygens (including phenoxy) is 1. The average Bonchev–Trinajstić information content (AvgIpc) is 2.25. The predicted octanol–water partition coefficient (Wildman–Crippen LogP) is 2.06. The van der Waals surface area contributed by atoms with Crippen molar-refractivity contribution in [3.05, 3.63) is 23.7 Å². The van der Waals surface area contributed by atoms with Gasteiger partial charge in [0.15, 0.2) is 27.4 Å². The highest BCUT2D eigenvalue weighted by atomic mass is 32.2.